The number of ether oxygens (including phenoxy) is 2. The molecule has 1 aliphatic rings. The Hall–Kier alpha value is -2.73. The molecule has 0 radical (unpaired) electrons. The van der Waals surface area contributed by atoms with E-state index in [-0.39, 0.29) is 24.7 Å². The number of fused-ring (bicyclic) bond motifs is 2. The summed E-state index contributed by atoms with van der Waals surface area (Å²) in [4.78, 5) is 20.7. The average molecular weight is 372 g/mol. The van der Waals surface area contributed by atoms with Crippen molar-refractivity contribution in [3.05, 3.63) is 52.8 Å². The minimum absolute atomic E-state index is 0.105. The minimum atomic E-state index is -0.265. The van der Waals surface area contributed by atoms with Crippen molar-refractivity contribution < 1.29 is 14.3 Å². The number of aromatic amines is 1. The van der Waals surface area contributed by atoms with E-state index in [1.165, 1.54) is 0 Å². The highest BCUT2D eigenvalue weighted by Gasteiger charge is 2.25. The molecule has 1 aliphatic heterocycles. The van der Waals surface area contributed by atoms with Crippen molar-refractivity contribution in [2.45, 2.75) is 19.9 Å². The van der Waals surface area contributed by atoms with E-state index in [4.69, 9.17) is 21.1 Å². The number of nitrogens with one attached hydrogen (secondary N) is 2. The van der Waals surface area contributed by atoms with E-state index in [9.17, 15) is 4.79 Å². The predicted molar refractivity (Wildman–Crippen MR) is 98.7 cm³/mol. The van der Waals surface area contributed by atoms with Crippen LogP contribution in [0.25, 0.3) is 11.0 Å². The van der Waals surface area contributed by atoms with Gasteiger partial charge in [-0.1, -0.05) is 37.6 Å². The summed E-state index contributed by atoms with van der Waals surface area (Å²) < 4.78 is 10.6. The molecule has 1 atom stereocenters. The van der Waals surface area contributed by atoms with Crippen LogP contribution in [0.2, 0.25) is 5.02 Å². The molecule has 0 fully saturated rings. The summed E-state index contributed by atoms with van der Waals surface area (Å²) in [6.07, 6.45) is 0. The fourth-order valence-electron chi connectivity index (χ4n) is 2.99. The number of para-hydroxylation sites is 2. The number of hydrogen-bond donors (Lipinski definition) is 2. The number of amides is 1. The van der Waals surface area contributed by atoms with Crippen LogP contribution in [0.1, 0.15) is 36.1 Å². The molecule has 134 valence electrons. The Morgan fingerprint density at radius 3 is 2.85 bits per heavy atom. The Morgan fingerprint density at radius 2 is 2.08 bits per heavy atom. The Labute approximate surface area is 155 Å². The number of benzene rings is 2. The summed E-state index contributed by atoms with van der Waals surface area (Å²) >= 11 is 6.18. The first-order valence-electron chi connectivity index (χ1n) is 8.37. The summed E-state index contributed by atoms with van der Waals surface area (Å²) in [6.45, 7) is 4.17. The molecule has 26 heavy (non-hydrogen) atoms. The second-order valence-corrected chi connectivity index (χ2v) is 6.93. The molecule has 1 aromatic heterocycles. The van der Waals surface area contributed by atoms with Crippen LogP contribution in [0.3, 0.4) is 0 Å². The molecule has 0 saturated heterocycles. The zero-order valence-corrected chi connectivity index (χ0v) is 15.1. The van der Waals surface area contributed by atoms with Crippen LogP contribution in [-0.4, -0.2) is 22.7 Å². The second-order valence-electron chi connectivity index (χ2n) is 6.53. The number of aromatic nitrogens is 2. The third-order valence-electron chi connectivity index (χ3n) is 4.34. The van der Waals surface area contributed by atoms with E-state index < -0.39 is 0 Å². The first-order chi connectivity index (χ1) is 12.5. The average Bonchev–Trinajstić information content (AvgIpc) is 3.25. The molecule has 3 aromatic rings. The lowest BCUT2D eigenvalue weighted by atomic mass is 10.0. The van der Waals surface area contributed by atoms with Gasteiger partial charge in [0, 0.05) is 5.56 Å². The molecular formula is C19H18ClN3O3. The lowest BCUT2D eigenvalue weighted by Gasteiger charge is -2.20. The molecule has 2 heterocycles. The number of halogens is 1. The maximum atomic E-state index is 12.8. The molecule has 2 aromatic carbocycles. The third kappa shape index (κ3) is 2.97. The molecular weight excluding hydrogens is 354 g/mol. The fraction of sp³-hybridized carbons (Fsp3) is 0.263. The summed E-state index contributed by atoms with van der Waals surface area (Å²) in [5, 5.41) is 3.40. The van der Waals surface area contributed by atoms with Crippen LogP contribution in [0.15, 0.2) is 36.4 Å². The van der Waals surface area contributed by atoms with Crippen molar-refractivity contribution >= 4 is 28.5 Å². The van der Waals surface area contributed by atoms with E-state index >= 15 is 0 Å². The van der Waals surface area contributed by atoms with E-state index in [0.717, 1.165) is 16.9 Å². The highest BCUT2D eigenvalue weighted by Crippen LogP contribution is 2.40. The molecule has 1 amide bonds. The number of hydrogen-bond acceptors (Lipinski definition) is 4. The second kappa shape index (κ2) is 6.53. The van der Waals surface area contributed by atoms with Crippen LogP contribution in [0.5, 0.6) is 11.5 Å². The largest absolute Gasteiger partial charge is 0.454 e. The number of imidazole rings is 1. The normalized spacial score (nSPS) is 14.0. The van der Waals surface area contributed by atoms with Crippen LogP contribution < -0.4 is 14.8 Å². The standard InChI is InChI=1S/C19H18ClN3O3/c1-10(2)16(18-21-13-5-3-4-6-14(13)22-18)23-19(24)11-7-12(20)17-15(8-11)25-9-26-17/h3-8,10,16H,9H2,1-2H3,(H,21,22)(H,23,24). The van der Waals surface area contributed by atoms with Gasteiger partial charge in [-0.15, -0.1) is 0 Å². The smallest absolute Gasteiger partial charge is 0.252 e. The van der Waals surface area contributed by atoms with E-state index in [0.29, 0.717) is 22.1 Å². The predicted octanol–water partition coefficient (Wildman–Crippen LogP) is 4.07. The van der Waals surface area contributed by atoms with Gasteiger partial charge in [0.1, 0.15) is 5.82 Å². The molecule has 0 saturated carbocycles. The van der Waals surface area contributed by atoms with Crippen LogP contribution >= 0.6 is 11.6 Å². The van der Waals surface area contributed by atoms with E-state index in [1.54, 1.807) is 12.1 Å². The maximum absolute atomic E-state index is 12.8. The minimum Gasteiger partial charge on any atom is -0.454 e. The van der Waals surface area contributed by atoms with Crippen LogP contribution in [-0.2, 0) is 0 Å². The maximum Gasteiger partial charge on any atom is 0.252 e. The molecule has 0 spiro atoms. The zero-order chi connectivity index (χ0) is 18.3. The number of H-pyrrole nitrogens is 1. The number of carbonyl (C=O) groups excluding carboxylic acids is 1. The van der Waals surface area contributed by atoms with E-state index in [2.05, 4.69) is 15.3 Å². The van der Waals surface area contributed by atoms with Gasteiger partial charge in [-0.25, -0.2) is 4.98 Å². The van der Waals surface area contributed by atoms with Crippen LogP contribution in [0.4, 0.5) is 0 Å². The Morgan fingerprint density at radius 1 is 1.27 bits per heavy atom. The van der Waals surface area contributed by atoms with Gasteiger partial charge < -0.3 is 19.8 Å². The quantitative estimate of drug-likeness (QED) is 0.724. The molecule has 0 aliphatic carbocycles. The Kier molecular flexibility index (Phi) is 4.20. The van der Waals surface area contributed by atoms with Gasteiger partial charge in [-0.2, -0.15) is 0 Å². The van der Waals surface area contributed by atoms with Gasteiger partial charge in [0.2, 0.25) is 6.79 Å². The van der Waals surface area contributed by atoms with Crippen molar-refractivity contribution in [3.8, 4) is 11.5 Å². The monoisotopic (exact) mass is 371 g/mol. The fourth-order valence-corrected chi connectivity index (χ4v) is 3.26. The number of carbonyl (C=O) groups is 1. The Balaban J connectivity index is 1.62. The van der Waals surface area contributed by atoms with Crippen LogP contribution in [0, 0.1) is 5.92 Å². The molecule has 2 N–H and O–H groups in total. The summed E-state index contributed by atoms with van der Waals surface area (Å²) in [5.74, 6) is 1.57. The molecule has 0 bridgehead atoms. The zero-order valence-electron chi connectivity index (χ0n) is 14.4. The van der Waals surface area contributed by atoms with Gasteiger partial charge in [0.25, 0.3) is 5.91 Å². The molecule has 1 unspecified atom stereocenters. The Bertz CT molecular complexity index is 950. The number of rotatable bonds is 4. The highest BCUT2D eigenvalue weighted by molar-refractivity contribution is 6.32. The van der Waals surface area contributed by atoms with Gasteiger partial charge in [-0.05, 0) is 30.2 Å². The van der Waals surface area contributed by atoms with Gasteiger partial charge in [0.05, 0.1) is 22.1 Å². The number of nitrogens with zero attached hydrogens (tertiary/aromatic N) is 1. The van der Waals surface area contributed by atoms with Gasteiger partial charge >= 0.3 is 0 Å². The summed E-state index contributed by atoms with van der Waals surface area (Å²) in [5.41, 5.74) is 2.23. The molecule has 6 nitrogen and oxygen atoms in total. The van der Waals surface area contributed by atoms with Crippen molar-refractivity contribution in [1.29, 1.82) is 0 Å². The topological polar surface area (TPSA) is 76.2 Å². The first-order valence-corrected chi connectivity index (χ1v) is 8.75. The summed E-state index contributed by atoms with van der Waals surface area (Å²) in [6, 6.07) is 10.7. The first kappa shape index (κ1) is 16.7. The van der Waals surface area contributed by atoms with E-state index in [1.807, 2.05) is 38.1 Å². The van der Waals surface area contributed by atoms with Crippen molar-refractivity contribution in [2.24, 2.45) is 5.92 Å². The van der Waals surface area contributed by atoms with Crippen molar-refractivity contribution in [1.82, 2.24) is 15.3 Å². The molecule has 7 heteroatoms. The van der Waals surface area contributed by atoms with Crippen molar-refractivity contribution in [2.75, 3.05) is 6.79 Å². The third-order valence-corrected chi connectivity index (χ3v) is 4.63. The SMILES string of the molecule is CC(C)C(NC(=O)c1cc(Cl)c2c(c1)OCO2)c1nc2ccccc2[nH]1. The van der Waals surface area contributed by atoms with Gasteiger partial charge in [-0.3, -0.25) is 4.79 Å². The highest BCUT2D eigenvalue weighted by atomic mass is 35.5. The lowest BCUT2D eigenvalue weighted by Crippen LogP contribution is -2.32. The van der Waals surface area contributed by atoms with Gasteiger partial charge in [0.15, 0.2) is 11.5 Å². The summed E-state index contributed by atoms with van der Waals surface area (Å²) in [7, 11) is 0. The lowest BCUT2D eigenvalue weighted by molar-refractivity contribution is 0.0923. The molecule has 4 rings (SSSR count). The van der Waals surface area contributed by atoms with Crippen molar-refractivity contribution in [3.63, 3.8) is 0 Å².